The fourth-order valence-electron chi connectivity index (χ4n) is 3.33. The lowest BCUT2D eigenvalue weighted by molar-refractivity contribution is -0.118. The highest BCUT2D eigenvalue weighted by atomic mass is 16.3. The molecule has 1 aromatic heterocycles. The Morgan fingerprint density at radius 3 is 2.48 bits per heavy atom. The molecule has 0 spiro atoms. The van der Waals surface area contributed by atoms with E-state index in [1.165, 1.54) is 6.07 Å². The van der Waals surface area contributed by atoms with Crippen molar-refractivity contribution in [3.63, 3.8) is 0 Å². The van der Waals surface area contributed by atoms with E-state index in [0.29, 0.717) is 22.6 Å². The van der Waals surface area contributed by atoms with Crippen LogP contribution in [0.25, 0.3) is 11.3 Å². The van der Waals surface area contributed by atoms with E-state index in [0.717, 1.165) is 31.2 Å². The van der Waals surface area contributed by atoms with Gasteiger partial charge in [0.2, 0.25) is 5.91 Å². The maximum absolute atomic E-state index is 12.1. The molecule has 2 aliphatic rings. The van der Waals surface area contributed by atoms with E-state index in [-0.39, 0.29) is 29.5 Å². The van der Waals surface area contributed by atoms with Crippen molar-refractivity contribution in [2.75, 3.05) is 5.32 Å². The Labute approximate surface area is 157 Å². The molecule has 7 nitrogen and oxygen atoms in total. The summed E-state index contributed by atoms with van der Waals surface area (Å²) >= 11 is 0. The molecule has 4 rings (SSSR count). The quantitative estimate of drug-likeness (QED) is 0.727. The molecule has 0 radical (unpaired) electrons. The first-order chi connectivity index (χ1) is 12.9. The number of benzene rings is 1. The Bertz CT molecular complexity index is 924. The molecule has 27 heavy (non-hydrogen) atoms. The SMILES string of the molecule is CC(C)C(=O)Nc1ccc(-c2nn(C3CC3)c(C(N)=O)c2C2CC2)c(O)c1. The van der Waals surface area contributed by atoms with Gasteiger partial charge in [0.05, 0.1) is 6.04 Å². The molecule has 1 heterocycles. The van der Waals surface area contributed by atoms with Crippen LogP contribution in [0.3, 0.4) is 0 Å². The molecule has 0 saturated heterocycles. The molecule has 2 fully saturated rings. The van der Waals surface area contributed by atoms with Crippen molar-refractivity contribution in [2.24, 2.45) is 11.7 Å². The van der Waals surface area contributed by atoms with E-state index in [9.17, 15) is 14.7 Å². The van der Waals surface area contributed by atoms with Crippen LogP contribution in [0, 0.1) is 5.92 Å². The lowest BCUT2D eigenvalue weighted by Gasteiger charge is -2.10. The summed E-state index contributed by atoms with van der Waals surface area (Å²) in [6, 6.07) is 5.21. The zero-order valence-electron chi connectivity index (χ0n) is 15.5. The van der Waals surface area contributed by atoms with Crippen LogP contribution in [0.5, 0.6) is 5.75 Å². The molecule has 7 heteroatoms. The van der Waals surface area contributed by atoms with E-state index in [4.69, 9.17) is 5.73 Å². The zero-order valence-corrected chi connectivity index (χ0v) is 15.5. The summed E-state index contributed by atoms with van der Waals surface area (Å²) in [6.45, 7) is 3.61. The number of aromatic nitrogens is 2. The molecule has 2 aliphatic carbocycles. The zero-order chi connectivity index (χ0) is 19.3. The fraction of sp³-hybridized carbons (Fsp3) is 0.450. The van der Waals surface area contributed by atoms with Crippen LogP contribution in [-0.4, -0.2) is 26.7 Å². The van der Waals surface area contributed by atoms with E-state index in [1.807, 2.05) is 0 Å². The highest BCUT2D eigenvalue weighted by Crippen LogP contribution is 2.49. The van der Waals surface area contributed by atoms with Crippen LogP contribution >= 0.6 is 0 Å². The largest absolute Gasteiger partial charge is 0.507 e. The number of carbonyl (C=O) groups is 2. The number of hydrogen-bond donors (Lipinski definition) is 3. The summed E-state index contributed by atoms with van der Waals surface area (Å²) in [4.78, 5) is 24.0. The van der Waals surface area contributed by atoms with Gasteiger partial charge in [0, 0.05) is 28.8 Å². The number of rotatable bonds is 6. The van der Waals surface area contributed by atoms with Gasteiger partial charge in [-0.1, -0.05) is 13.8 Å². The summed E-state index contributed by atoms with van der Waals surface area (Å²) in [6.07, 6.45) is 3.95. The molecule has 1 aromatic carbocycles. The van der Waals surface area contributed by atoms with Gasteiger partial charge in [0.25, 0.3) is 5.91 Å². The van der Waals surface area contributed by atoms with Crippen molar-refractivity contribution in [1.29, 1.82) is 0 Å². The average Bonchev–Trinajstić information content (AvgIpc) is 3.52. The Morgan fingerprint density at radius 1 is 1.26 bits per heavy atom. The van der Waals surface area contributed by atoms with Crippen LogP contribution in [0.2, 0.25) is 0 Å². The van der Waals surface area contributed by atoms with Crippen molar-refractivity contribution in [3.8, 4) is 17.0 Å². The maximum Gasteiger partial charge on any atom is 0.267 e. The molecule has 0 bridgehead atoms. The predicted octanol–water partition coefficient (Wildman–Crippen LogP) is 3.16. The second-order valence-corrected chi connectivity index (χ2v) is 7.80. The smallest absolute Gasteiger partial charge is 0.267 e. The molecule has 2 aromatic rings. The minimum absolute atomic E-state index is 0.0231. The van der Waals surface area contributed by atoms with Gasteiger partial charge < -0.3 is 16.2 Å². The summed E-state index contributed by atoms with van der Waals surface area (Å²) in [5.74, 6) is -0.456. The predicted molar refractivity (Wildman–Crippen MR) is 102 cm³/mol. The first-order valence-corrected chi connectivity index (χ1v) is 9.43. The molecular formula is C20H24N4O3. The number of primary amides is 1. The van der Waals surface area contributed by atoms with Gasteiger partial charge in [-0.2, -0.15) is 5.10 Å². The van der Waals surface area contributed by atoms with E-state index >= 15 is 0 Å². The van der Waals surface area contributed by atoms with E-state index < -0.39 is 5.91 Å². The van der Waals surface area contributed by atoms with E-state index in [1.54, 1.807) is 30.7 Å². The van der Waals surface area contributed by atoms with Gasteiger partial charge in [0.15, 0.2) is 0 Å². The van der Waals surface area contributed by atoms with Gasteiger partial charge >= 0.3 is 0 Å². The summed E-state index contributed by atoms with van der Waals surface area (Å²) in [5, 5.41) is 18.0. The van der Waals surface area contributed by atoms with Crippen LogP contribution in [0.4, 0.5) is 5.69 Å². The number of anilines is 1. The van der Waals surface area contributed by atoms with Crippen LogP contribution in [0.15, 0.2) is 18.2 Å². The van der Waals surface area contributed by atoms with Crippen molar-refractivity contribution in [2.45, 2.75) is 51.5 Å². The summed E-state index contributed by atoms with van der Waals surface area (Å²) < 4.78 is 1.75. The number of aromatic hydroxyl groups is 1. The van der Waals surface area contributed by atoms with Crippen LogP contribution in [-0.2, 0) is 4.79 Å². The second-order valence-electron chi connectivity index (χ2n) is 7.80. The lowest BCUT2D eigenvalue weighted by Crippen LogP contribution is -2.18. The van der Waals surface area contributed by atoms with Gasteiger partial charge in [-0.3, -0.25) is 14.3 Å². The highest BCUT2D eigenvalue weighted by Gasteiger charge is 2.38. The Morgan fingerprint density at radius 2 is 1.96 bits per heavy atom. The van der Waals surface area contributed by atoms with Crippen LogP contribution in [0.1, 0.15) is 67.5 Å². The Kier molecular flexibility index (Phi) is 4.17. The third-order valence-electron chi connectivity index (χ3n) is 5.10. The number of amides is 2. The van der Waals surface area contributed by atoms with Gasteiger partial charge in [0.1, 0.15) is 17.1 Å². The number of nitrogens with one attached hydrogen (secondary N) is 1. The number of phenols is 1. The average molecular weight is 368 g/mol. The Hall–Kier alpha value is -2.83. The number of nitrogens with zero attached hydrogens (tertiary/aromatic N) is 2. The standard InChI is InChI=1S/C20H24N4O3/c1-10(2)20(27)22-12-5-8-14(15(25)9-12)17-16(11-3-4-11)18(19(21)26)24(23-17)13-6-7-13/h5,8-11,13,25H,3-4,6-7H2,1-2H3,(H2,21,26)(H,22,27). The first-order valence-electron chi connectivity index (χ1n) is 9.43. The Balaban J connectivity index is 1.76. The number of hydrogen-bond acceptors (Lipinski definition) is 4. The number of carbonyl (C=O) groups excluding carboxylic acids is 2. The molecular weight excluding hydrogens is 344 g/mol. The fourth-order valence-corrected chi connectivity index (χ4v) is 3.33. The third kappa shape index (κ3) is 3.29. The first kappa shape index (κ1) is 17.6. The molecule has 4 N–H and O–H groups in total. The minimum Gasteiger partial charge on any atom is -0.507 e. The lowest BCUT2D eigenvalue weighted by atomic mass is 10.0. The summed E-state index contributed by atoms with van der Waals surface area (Å²) in [5.41, 5.74) is 8.71. The monoisotopic (exact) mass is 368 g/mol. The number of phenolic OH excluding ortho intramolecular Hbond substituents is 1. The summed E-state index contributed by atoms with van der Waals surface area (Å²) in [7, 11) is 0. The van der Waals surface area contributed by atoms with Gasteiger partial charge in [-0.15, -0.1) is 0 Å². The second kappa shape index (κ2) is 6.40. The van der Waals surface area contributed by atoms with Crippen molar-refractivity contribution in [3.05, 3.63) is 29.5 Å². The molecule has 0 aliphatic heterocycles. The molecule has 2 amide bonds. The van der Waals surface area contributed by atoms with Crippen LogP contribution < -0.4 is 11.1 Å². The maximum atomic E-state index is 12.1. The molecule has 142 valence electrons. The third-order valence-corrected chi connectivity index (χ3v) is 5.10. The minimum atomic E-state index is -0.470. The number of nitrogens with two attached hydrogens (primary N) is 1. The molecule has 0 atom stereocenters. The van der Waals surface area contributed by atoms with Gasteiger partial charge in [-0.05, 0) is 43.7 Å². The normalized spacial score (nSPS) is 16.6. The molecule has 2 saturated carbocycles. The molecule has 0 unspecified atom stereocenters. The van der Waals surface area contributed by atoms with Crippen molar-refractivity contribution < 1.29 is 14.7 Å². The van der Waals surface area contributed by atoms with Crippen molar-refractivity contribution >= 4 is 17.5 Å². The topological polar surface area (TPSA) is 110 Å². The van der Waals surface area contributed by atoms with E-state index in [2.05, 4.69) is 10.4 Å². The highest BCUT2D eigenvalue weighted by molar-refractivity contribution is 5.96. The van der Waals surface area contributed by atoms with Gasteiger partial charge in [-0.25, -0.2) is 0 Å². The van der Waals surface area contributed by atoms with Crippen molar-refractivity contribution in [1.82, 2.24) is 9.78 Å².